The lowest BCUT2D eigenvalue weighted by molar-refractivity contribution is 0.0730. The standard InChI is InChI=1S/C11H15ClN2O3S/c1-8-6-9(12)11(7-10(8)13)18(15,16)14-2-4-17-5-3-14/h6-7H,2-5,13H2,1H3. The molecule has 1 aliphatic rings. The molecule has 1 fully saturated rings. The molecule has 2 rings (SSSR count). The van der Waals surface area contributed by atoms with Crippen molar-refractivity contribution in [3.05, 3.63) is 22.7 Å². The molecule has 0 amide bonds. The summed E-state index contributed by atoms with van der Waals surface area (Å²) in [6.45, 7) is 3.27. The Morgan fingerprint density at radius 3 is 2.56 bits per heavy atom. The van der Waals surface area contributed by atoms with E-state index >= 15 is 0 Å². The summed E-state index contributed by atoms with van der Waals surface area (Å²) in [5.41, 5.74) is 6.94. The summed E-state index contributed by atoms with van der Waals surface area (Å²) in [7, 11) is -3.59. The number of aryl methyl sites for hydroxylation is 1. The molecule has 0 aromatic heterocycles. The molecule has 2 N–H and O–H groups in total. The van der Waals surface area contributed by atoms with Crippen molar-refractivity contribution in [3.8, 4) is 0 Å². The molecule has 0 bridgehead atoms. The summed E-state index contributed by atoms with van der Waals surface area (Å²) in [6, 6.07) is 2.99. The van der Waals surface area contributed by atoms with Crippen molar-refractivity contribution < 1.29 is 13.2 Å². The lowest BCUT2D eigenvalue weighted by Gasteiger charge is -2.26. The predicted molar refractivity (Wildman–Crippen MR) is 70.2 cm³/mol. The third kappa shape index (κ3) is 2.47. The van der Waals surface area contributed by atoms with E-state index in [0.29, 0.717) is 32.0 Å². The third-order valence-electron chi connectivity index (χ3n) is 2.91. The highest BCUT2D eigenvalue weighted by Gasteiger charge is 2.28. The molecule has 1 saturated heterocycles. The van der Waals surface area contributed by atoms with Gasteiger partial charge < -0.3 is 10.5 Å². The first-order valence-corrected chi connectivity index (χ1v) is 7.38. The molecule has 0 atom stereocenters. The monoisotopic (exact) mass is 290 g/mol. The molecule has 18 heavy (non-hydrogen) atoms. The van der Waals surface area contributed by atoms with Crippen molar-refractivity contribution in [1.82, 2.24) is 4.31 Å². The summed E-state index contributed by atoms with van der Waals surface area (Å²) in [4.78, 5) is 0.0640. The van der Waals surface area contributed by atoms with Crippen LogP contribution in [0.5, 0.6) is 0 Å². The van der Waals surface area contributed by atoms with Crippen LogP contribution in [0.1, 0.15) is 5.56 Å². The van der Waals surface area contributed by atoms with Crippen LogP contribution in [0.15, 0.2) is 17.0 Å². The molecule has 0 radical (unpaired) electrons. The predicted octanol–water partition coefficient (Wildman–Crippen LogP) is 1.25. The first-order chi connectivity index (χ1) is 8.43. The molecule has 1 aromatic carbocycles. The minimum Gasteiger partial charge on any atom is -0.398 e. The van der Waals surface area contributed by atoms with E-state index in [4.69, 9.17) is 22.1 Å². The molecular formula is C11H15ClN2O3S. The number of anilines is 1. The largest absolute Gasteiger partial charge is 0.398 e. The second-order valence-corrected chi connectivity index (χ2v) is 6.47. The molecule has 1 heterocycles. The van der Waals surface area contributed by atoms with Gasteiger partial charge in [0.05, 0.1) is 18.2 Å². The summed E-state index contributed by atoms with van der Waals surface area (Å²) in [6.07, 6.45) is 0. The minimum absolute atomic E-state index is 0.0640. The van der Waals surface area contributed by atoms with Crippen LogP contribution in [0, 0.1) is 6.92 Å². The maximum Gasteiger partial charge on any atom is 0.244 e. The molecule has 0 unspecified atom stereocenters. The van der Waals surface area contributed by atoms with E-state index in [9.17, 15) is 8.42 Å². The van der Waals surface area contributed by atoms with Crippen molar-refractivity contribution in [1.29, 1.82) is 0 Å². The van der Waals surface area contributed by atoms with Crippen molar-refractivity contribution in [2.24, 2.45) is 0 Å². The summed E-state index contributed by atoms with van der Waals surface area (Å²) in [5.74, 6) is 0. The van der Waals surface area contributed by atoms with Crippen LogP contribution < -0.4 is 5.73 Å². The number of benzene rings is 1. The third-order valence-corrected chi connectivity index (χ3v) is 5.27. The Labute approximate surface area is 112 Å². The van der Waals surface area contributed by atoms with Gasteiger partial charge in [-0.2, -0.15) is 4.31 Å². The van der Waals surface area contributed by atoms with Crippen molar-refractivity contribution >= 4 is 27.3 Å². The number of sulfonamides is 1. The van der Waals surface area contributed by atoms with Crippen LogP contribution in [0.4, 0.5) is 5.69 Å². The minimum atomic E-state index is -3.59. The van der Waals surface area contributed by atoms with Gasteiger partial charge in [-0.15, -0.1) is 0 Å². The Bertz CT molecular complexity index is 554. The Balaban J connectivity index is 2.43. The summed E-state index contributed by atoms with van der Waals surface area (Å²) >= 11 is 6.01. The van der Waals surface area contributed by atoms with Gasteiger partial charge in [0.1, 0.15) is 4.90 Å². The number of nitrogens with two attached hydrogens (primary N) is 1. The number of hydrogen-bond donors (Lipinski definition) is 1. The van der Waals surface area contributed by atoms with Crippen LogP contribution in [0.25, 0.3) is 0 Å². The Morgan fingerprint density at radius 1 is 1.33 bits per heavy atom. The fraction of sp³-hybridized carbons (Fsp3) is 0.455. The molecule has 0 aliphatic carbocycles. The van der Waals surface area contributed by atoms with Crippen molar-refractivity contribution in [2.45, 2.75) is 11.8 Å². The van der Waals surface area contributed by atoms with Crippen molar-refractivity contribution in [3.63, 3.8) is 0 Å². The molecular weight excluding hydrogens is 276 g/mol. The van der Waals surface area contributed by atoms with Gasteiger partial charge in [-0.3, -0.25) is 0 Å². The fourth-order valence-electron chi connectivity index (χ4n) is 1.79. The quantitative estimate of drug-likeness (QED) is 0.832. The Morgan fingerprint density at radius 2 is 1.94 bits per heavy atom. The van der Waals surface area contributed by atoms with Gasteiger partial charge in [0, 0.05) is 18.8 Å². The molecule has 1 aromatic rings. The second-order valence-electron chi connectivity index (χ2n) is 4.16. The van der Waals surface area contributed by atoms with E-state index in [1.807, 2.05) is 0 Å². The van der Waals surface area contributed by atoms with Crippen LogP contribution in [-0.4, -0.2) is 39.0 Å². The van der Waals surface area contributed by atoms with Gasteiger partial charge in [0.15, 0.2) is 0 Å². The van der Waals surface area contributed by atoms with E-state index in [0.717, 1.165) is 5.56 Å². The normalized spacial score (nSPS) is 17.9. The summed E-state index contributed by atoms with van der Waals surface area (Å²) in [5, 5.41) is 0.202. The number of nitrogens with zero attached hydrogens (tertiary/aromatic N) is 1. The highest BCUT2D eigenvalue weighted by Crippen LogP contribution is 2.29. The van der Waals surface area contributed by atoms with Gasteiger partial charge in [-0.25, -0.2) is 8.42 Å². The molecule has 7 heteroatoms. The highest BCUT2D eigenvalue weighted by molar-refractivity contribution is 7.89. The zero-order valence-electron chi connectivity index (χ0n) is 10.0. The summed E-state index contributed by atoms with van der Waals surface area (Å²) < 4.78 is 31.3. The molecule has 0 spiro atoms. The van der Waals surface area contributed by atoms with Crippen LogP contribution in [-0.2, 0) is 14.8 Å². The topological polar surface area (TPSA) is 72.6 Å². The highest BCUT2D eigenvalue weighted by atomic mass is 35.5. The van der Waals surface area contributed by atoms with E-state index in [2.05, 4.69) is 0 Å². The maximum atomic E-state index is 12.4. The zero-order valence-corrected chi connectivity index (χ0v) is 11.6. The van der Waals surface area contributed by atoms with E-state index < -0.39 is 10.0 Å². The lowest BCUT2D eigenvalue weighted by Crippen LogP contribution is -2.40. The number of nitrogen functional groups attached to an aromatic ring is 1. The van der Waals surface area contributed by atoms with Crippen molar-refractivity contribution in [2.75, 3.05) is 32.0 Å². The van der Waals surface area contributed by atoms with Crippen LogP contribution in [0.2, 0.25) is 5.02 Å². The number of morpholine rings is 1. The molecule has 100 valence electrons. The number of halogens is 1. The Kier molecular flexibility index (Phi) is 3.82. The first-order valence-electron chi connectivity index (χ1n) is 5.56. The average Bonchev–Trinajstić information content (AvgIpc) is 2.34. The number of hydrogen-bond acceptors (Lipinski definition) is 4. The van der Waals surface area contributed by atoms with Gasteiger partial charge in [-0.1, -0.05) is 11.6 Å². The maximum absolute atomic E-state index is 12.4. The zero-order chi connectivity index (χ0) is 13.3. The lowest BCUT2D eigenvalue weighted by atomic mass is 10.2. The number of ether oxygens (including phenoxy) is 1. The first kappa shape index (κ1) is 13.6. The number of rotatable bonds is 2. The molecule has 5 nitrogen and oxygen atoms in total. The van der Waals surface area contributed by atoms with Crippen LogP contribution >= 0.6 is 11.6 Å². The van der Waals surface area contributed by atoms with E-state index in [1.165, 1.54) is 10.4 Å². The second kappa shape index (κ2) is 5.05. The van der Waals surface area contributed by atoms with Gasteiger partial charge in [-0.05, 0) is 24.6 Å². The average molecular weight is 291 g/mol. The van der Waals surface area contributed by atoms with Gasteiger partial charge in [0.25, 0.3) is 0 Å². The van der Waals surface area contributed by atoms with Crippen LogP contribution in [0.3, 0.4) is 0 Å². The van der Waals surface area contributed by atoms with E-state index in [-0.39, 0.29) is 9.92 Å². The molecule has 1 aliphatic heterocycles. The van der Waals surface area contributed by atoms with Gasteiger partial charge in [0.2, 0.25) is 10.0 Å². The Hall–Kier alpha value is -0.820. The van der Waals surface area contributed by atoms with E-state index in [1.54, 1.807) is 13.0 Å². The van der Waals surface area contributed by atoms with Gasteiger partial charge >= 0.3 is 0 Å². The smallest absolute Gasteiger partial charge is 0.244 e. The fourth-order valence-corrected chi connectivity index (χ4v) is 3.79. The SMILES string of the molecule is Cc1cc(Cl)c(S(=O)(=O)N2CCOCC2)cc1N. The molecule has 0 saturated carbocycles.